The number of carbonyl (C=O) groups is 1. The van der Waals surface area contributed by atoms with Gasteiger partial charge in [0, 0.05) is 19.1 Å². The summed E-state index contributed by atoms with van der Waals surface area (Å²) in [5.74, 6) is 0.874. The summed E-state index contributed by atoms with van der Waals surface area (Å²) in [5, 5.41) is 8.62. The van der Waals surface area contributed by atoms with Gasteiger partial charge in [-0.3, -0.25) is 9.69 Å². The number of hydrogen-bond donors (Lipinski definition) is 1. The van der Waals surface area contributed by atoms with Crippen molar-refractivity contribution in [2.75, 3.05) is 19.7 Å². The second-order valence-corrected chi connectivity index (χ2v) is 6.58. The highest BCUT2D eigenvalue weighted by atomic mass is 16.5. The molecule has 2 aliphatic rings. The fourth-order valence-corrected chi connectivity index (χ4v) is 3.76. The summed E-state index contributed by atoms with van der Waals surface area (Å²) < 4.78 is 5.67. The maximum absolute atomic E-state index is 10.5. The van der Waals surface area contributed by atoms with Gasteiger partial charge in [0.15, 0.2) is 0 Å². The maximum Gasteiger partial charge on any atom is 0.305 e. The lowest BCUT2D eigenvalue weighted by atomic mass is 9.77. The van der Waals surface area contributed by atoms with Crippen molar-refractivity contribution < 1.29 is 14.6 Å². The van der Waals surface area contributed by atoms with Crippen LogP contribution in [-0.2, 0) is 9.53 Å². The van der Waals surface area contributed by atoms with Crippen molar-refractivity contribution in [1.29, 1.82) is 0 Å². The summed E-state index contributed by atoms with van der Waals surface area (Å²) in [6, 6.07) is 0.749. The number of aliphatic carboxylic acids is 1. The third-order valence-corrected chi connectivity index (χ3v) is 5.28. The summed E-state index contributed by atoms with van der Waals surface area (Å²) in [6.07, 6.45) is 6.58. The Hall–Kier alpha value is -0.610. The molecule has 1 aliphatic heterocycles. The van der Waals surface area contributed by atoms with Gasteiger partial charge in [0.1, 0.15) is 0 Å². The lowest BCUT2D eigenvalue weighted by Gasteiger charge is -2.44. The van der Waals surface area contributed by atoms with E-state index in [1.807, 2.05) is 0 Å². The van der Waals surface area contributed by atoms with E-state index in [-0.39, 0.29) is 12.5 Å². The van der Waals surface area contributed by atoms with Crippen LogP contribution in [0.5, 0.6) is 0 Å². The molecule has 4 nitrogen and oxygen atoms in total. The number of nitrogens with zero attached hydrogens (tertiary/aromatic N) is 1. The largest absolute Gasteiger partial charge is 0.481 e. The fourth-order valence-electron chi connectivity index (χ4n) is 3.76. The van der Waals surface area contributed by atoms with E-state index >= 15 is 0 Å². The smallest absolute Gasteiger partial charge is 0.305 e. The highest BCUT2D eigenvalue weighted by Crippen LogP contribution is 2.34. The molecule has 1 N–H and O–H groups in total. The SMILES string of the molecule is CC1CCCC(N2CCC(OCCC(=O)O)CC2)C1C. The monoisotopic (exact) mass is 283 g/mol. The van der Waals surface area contributed by atoms with Gasteiger partial charge in [-0.1, -0.05) is 26.7 Å². The van der Waals surface area contributed by atoms with E-state index in [1.54, 1.807) is 0 Å². The molecule has 1 heterocycles. The fraction of sp³-hybridized carbons (Fsp3) is 0.938. The van der Waals surface area contributed by atoms with E-state index in [1.165, 1.54) is 19.3 Å². The lowest BCUT2D eigenvalue weighted by Crippen LogP contribution is -2.48. The second kappa shape index (κ2) is 7.41. The Labute approximate surface area is 122 Å². The summed E-state index contributed by atoms with van der Waals surface area (Å²) >= 11 is 0. The number of carboxylic acid groups (broad SMARTS) is 1. The highest BCUT2D eigenvalue weighted by Gasteiger charge is 2.33. The standard InChI is InChI=1S/C16H29NO3/c1-12-4-3-5-15(13(12)2)17-9-6-14(7-10-17)20-11-8-16(18)19/h12-15H,3-11H2,1-2H3,(H,18,19). The predicted molar refractivity (Wildman–Crippen MR) is 78.8 cm³/mol. The van der Waals surface area contributed by atoms with Crippen molar-refractivity contribution in [3.8, 4) is 0 Å². The first kappa shape index (κ1) is 15.8. The lowest BCUT2D eigenvalue weighted by molar-refractivity contribution is -0.139. The quantitative estimate of drug-likeness (QED) is 0.843. The van der Waals surface area contributed by atoms with Crippen LogP contribution in [0.15, 0.2) is 0 Å². The number of hydrogen-bond acceptors (Lipinski definition) is 3. The van der Waals surface area contributed by atoms with Gasteiger partial charge in [-0.2, -0.15) is 0 Å². The Kier molecular flexibility index (Phi) is 5.85. The van der Waals surface area contributed by atoms with Crippen LogP contribution >= 0.6 is 0 Å². The highest BCUT2D eigenvalue weighted by molar-refractivity contribution is 5.66. The van der Waals surface area contributed by atoms with E-state index in [0.717, 1.165) is 43.8 Å². The zero-order valence-electron chi connectivity index (χ0n) is 12.9. The molecule has 1 saturated carbocycles. The Bertz CT molecular complexity index is 313. The topological polar surface area (TPSA) is 49.8 Å². The maximum atomic E-state index is 10.5. The average Bonchev–Trinajstić information content (AvgIpc) is 2.42. The van der Waals surface area contributed by atoms with Crippen molar-refractivity contribution in [2.45, 2.75) is 64.5 Å². The Morgan fingerprint density at radius 3 is 2.55 bits per heavy atom. The zero-order valence-corrected chi connectivity index (χ0v) is 12.9. The van der Waals surface area contributed by atoms with E-state index < -0.39 is 5.97 Å². The van der Waals surface area contributed by atoms with Gasteiger partial charge in [-0.25, -0.2) is 0 Å². The van der Waals surface area contributed by atoms with Crippen LogP contribution in [0.3, 0.4) is 0 Å². The Morgan fingerprint density at radius 2 is 1.90 bits per heavy atom. The minimum atomic E-state index is -0.771. The molecule has 0 bridgehead atoms. The van der Waals surface area contributed by atoms with Crippen LogP contribution < -0.4 is 0 Å². The van der Waals surface area contributed by atoms with Gasteiger partial charge in [0.05, 0.1) is 19.1 Å². The number of likely N-dealkylation sites (tertiary alicyclic amines) is 1. The van der Waals surface area contributed by atoms with E-state index in [0.29, 0.717) is 6.61 Å². The molecular weight excluding hydrogens is 254 g/mol. The molecule has 2 fully saturated rings. The molecule has 0 aromatic rings. The van der Waals surface area contributed by atoms with Gasteiger partial charge in [-0.15, -0.1) is 0 Å². The summed E-state index contributed by atoms with van der Waals surface area (Å²) in [6.45, 7) is 7.37. The number of carboxylic acids is 1. The second-order valence-electron chi connectivity index (χ2n) is 6.58. The molecule has 1 saturated heterocycles. The van der Waals surface area contributed by atoms with E-state index in [2.05, 4.69) is 18.7 Å². The number of piperidine rings is 1. The van der Waals surface area contributed by atoms with Crippen molar-refractivity contribution in [3.63, 3.8) is 0 Å². The molecule has 116 valence electrons. The molecule has 4 heteroatoms. The van der Waals surface area contributed by atoms with Crippen LogP contribution in [0.25, 0.3) is 0 Å². The Morgan fingerprint density at radius 1 is 1.20 bits per heavy atom. The van der Waals surface area contributed by atoms with Crippen LogP contribution in [-0.4, -0.2) is 47.8 Å². The van der Waals surface area contributed by atoms with Crippen molar-refractivity contribution >= 4 is 5.97 Å². The molecule has 0 radical (unpaired) electrons. The van der Waals surface area contributed by atoms with Gasteiger partial charge in [-0.05, 0) is 31.1 Å². The van der Waals surface area contributed by atoms with Gasteiger partial charge < -0.3 is 9.84 Å². The average molecular weight is 283 g/mol. The van der Waals surface area contributed by atoms with Gasteiger partial charge >= 0.3 is 5.97 Å². The van der Waals surface area contributed by atoms with E-state index in [4.69, 9.17) is 9.84 Å². The van der Waals surface area contributed by atoms with Crippen molar-refractivity contribution in [3.05, 3.63) is 0 Å². The number of ether oxygens (including phenoxy) is 1. The summed E-state index contributed by atoms with van der Waals surface area (Å²) in [4.78, 5) is 13.1. The minimum absolute atomic E-state index is 0.122. The molecule has 3 atom stereocenters. The normalized spacial score (nSPS) is 33.2. The van der Waals surface area contributed by atoms with Crippen LogP contribution in [0, 0.1) is 11.8 Å². The van der Waals surface area contributed by atoms with Crippen LogP contribution in [0.4, 0.5) is 0 Å². The Balaban J connectivity index is 1.72. The molecule has 20 heavy (non-hydrogen) atoms. The summed E-state index contributed by atoms with van der Waals surface area (Å²) in [5.41, 5.74) is 0. The molecule has 0 spiro atoms. The van der Waals surface area contributed by atoms with E-state index in [9.17, 15) is 4.79 Å². The third-order valence-electron chi connectivity index (χ3n) is 5.28. The van der Waals surface area contributed by atoms with Crippen molar-refractivity contribution in [2.24, 2.45) is 11.8 Å². The van der Waals surface area contributed by atoms with Crippen molar-refractivity contribution in [1.82, 2.24) is 4.90 Å². The first-order valence-electron chi connectivity index (χ1n) is 8.15. The van der Waals surface area contributed by atoms with Crippen LogP contribution in [0.1, 0.15) is 52.4 Å². The van der Waals surface area contributed by atoms with Gasteiger partial charge in [0.25, 0.3) is 0 Å². The zero-order chi connectivity index (χ0) is 14.5. The first-order valence-corrected chi connectivity index (χ1v) is 8.15. The first-order chi connectivity index (χ1) is 9.58. The predicted octanol–water partition coefficient (Wildman–Crippen LogP) is 2.77. The minimum Gasteiger partial charge on any atom is -0.481 e. The molecular formula is C16H29NO3. The molecule has 0 amide bonds. The third kappa shape index (κ3) is 4.19. The van der Waals surface area contributed by atoms with Gasteiger partial charge in [0.2, 0.25) is 0 Å². The molecule has 2 rings (SSSR count). The molecule has 1 aliphatic carbocycles. The van der Waals surface area contributed by atoms with Crippen LogP contribution in [0.2, 0.25) is 0 Å². The molecule has 0 aromatic heterocycles. The summed E-state index contributed by atoms with van der Waals surface area (Å²) in [7, 11) is 0. The number of rotatable bonds is 5. The molecule has 3 unspecified atom stereocenters. The molecule has 0 aromatic carbocycles.